The first-order chi connectivity index (χ1) is 16.5. The fourth-order valence-electron chi connectivity index (χ4n) is 6.07. The summed E-state index contributed by atoms with van der Waals surface area (Å²) in [7, 11) is 0. The summed E-state index contributed by atoms with van der Waals surface area (Å²) in [5.74, 6) is -0.350. The highest BCUT2D eigenvalue weighted by Gasteiger charge is 2.50. The molecule has 4 aliphatic rings. The van der Waals surface area contributed by atoms with E-state index in [4.69, 9.17) is 0 Å². The highest BCUT2D eigenvalue weighted by Crippen LogP contribution is 2.53. The van der Waals surface area contributed by atoms with Crippen LogP contribution >= 0.6 is 0 Å². The second kappa shape index (κ2) is 8.01. The molecule has 172 valence electrons. The summed E-state index contributed by atoms with van der Waals surface area (Å²) < 4.78 is 29.6. The zero-order valence-electron chi connectivity index (χ0n) is 18.4. The third-order valence-electron chi connectivity index (χ3n) is 7.86. The Morgan fingerprint density at radius 3 is 2.68 bits per heavy atom. The summed E-state index contributed by atoms with van der Waals surface area (Å²) in [5.41, 5.74) is 1.97. The fraction of sp³-hybridized carbons (Fsp3) is 0.385. The molecule has 0 spiro atoms. The lowest BCUT2D eigenvalue weighted by Crippen LogP contribution is -2.49. The number of carbonyl (C=O) groups is 1. The van der Waals surface area contributed by atoms with Gasteiger partial charge in [-0.1, -0.05) is 6.07 Å². The molecule has 3 aromatic rings. The number of hydrogen-bond acceptors (Lipinski definition) is 4. The van der Waals surface area contributed by atoms with Crippen molar-refractivity contribution in [2.75, 3.05) is 0 Å². The molecule has 2 aromatic carbocycles. The normalized spacial score (nSPS) is 27.6. The minimum atomic E-state index is -0.653. The van der Waals surface area contributed by atoms with E-state index < -0.39 is 17.7 Å². The molecule has 1 aliphatic heterocycles. The minimum Gasteiger partial charge on any atom is -0.273 e. The van der Waals surface area contributed by atoms with Gasteiger partial charge in [0.25, 0.3) is 0 Å². The van der Waals surface area contributed by atoms with Gasteiger partial charge in [-0.15, -0.1) is 0 Å². The first kappa shape index (κ1) is 21.0. The maximum atomic E-state index is 13.8. The summed E-state index contributed by atoms with van der Waals surface area (Å²) in [6, 6.07) is 10.8. The molecule has 2 heterocycles. The molecule has 7 rings (SSSR count). The van der Waals surface area contributed by atoms with Gasteiger partial charge in [0, 0.05) is 36.6 Å². The Bertz CT molecular complexity index is 1330. The molecule has 3 fully saturated rings. The molecular formula is C26H23F2N5O. The van der Waals surface area contributed by atoms with Crippen molar-refractivity contribution in [3.63, 3.8) is 0 Å². The molecule has 3 saturated carbocycles. The summed E-state index contributed by atoms with van der Waals surface area (Å²) in [6.45, 7) is 0.696. The molecule has 0 radical (unpaired) electrons. The zero-order chi connectivity index (χ0) is 23.4. The van der Waals surface area contributed by atoms with E-state index in [9.17, 15) is 18.8 Å². The van der Waals surface area contributed by atoms with Gasteiger partial charge in [0.15, 0.2) is 0 Å². The Hall–Kier alpha value is -3.60. The van der Waals surface area contributed by atoms with E-state index in [1.54, 1.807) is 18.5 Å². The number of hydrogen-bond donors (Lipinski definition) is 0. The van der Waals surface area contributed by atoms with Crippen LogP contribution < -0.4 is 0 Å². The number of nitriles is 1. The number of fused-ring (bicyclic) bond motifs is 3. The molecule has 2 unspecified atom stereocenters. The molecule has 34 heavy (non-hydrogen) atoms. The topological polar surface area (TPSA) is 74.3 Å². The Morgan fingerprint density at radius 1 is 1.12 bits per heavy atom. The largest absolute Gasteiger partial charge is 0.273 e. The SMILES string of the molecule is N#Cc1cccc2c1cnn2CC1C[C@H](C(=O)N2N=CCC2c2cc(F)cc(F)c2)C2CC1C2. The Kier molecular flexibility index (Phi) is 4.94. The van der Waals surface area contributed by atoms with E-state index >= 15 is 0 Å². The van der Waals surface area contributed by atoms with E-state index in [2.05, 4.69) is 16.3 Å². The van der Waals surface area contributed by atoms with Crippen molar-refractivity contribution in [2.45, 2.75) is 38.3 Å². The number of amides is 1. The highest BCUT2D eigenvalue weighted by molar-refractivity contribution is 5.85. The number of carbonyl (C=O) groups excluding carboxylic acids is 1. The average molecular weight is 460 g/mol. The van der Waals surface area contributed by atoms with Gasteiger partial charge in [-0.05, 0) is 66.8 Å². The predicted molar refractivity (Wildman–Crippen MR) is 121 cm³/mol. The number of halogens is 2. The first-order valence-corrected chi connectivity index (χ1v) is 11.7. The van der Waals surface area contributed by atoms with E-state index in [0.29, 0.717) is 41.8 Å². The van der Waals surface area contributed by atoms with Crippen LogP contribution in [0.1, 0.15) is 42.9 Å². The number of benzene rings is 2. The lowest BCUT2D eigenvalue weighted by atomic mass is 9.55. The Balaban J connectivity index is 1.22. The zero-order valence-corrected chi connectivity index (χ0v) is 18.4. The average Bonchev–Trinajstić information content (AvgIpc) is 3.44. The van der Waals surface area contributed by atoms with Gasteiger partial charge in [0.05, 0.1) is 29.4 Å². The molecule has 0 saturated heterocycles. The van der Waals surface area contributed by atoms with E-state index in [-0.39, 0.29) is 11.8 Å². The first-order valence-electron chi connectivity index (χ1n) is 11.7. The van der Waals surface area contributed by atoms with Gasteiger partial charge in [0.2, 0.25) is 5.91 Å². The lowest BCUT2D eigenvalue weighted by molar-refractivity contribution is -0.147. The fourth-order valence-corrected chi connectivity index (χ4v) is 6.07. The van der Waals surface area contributed by atoms with Gasteiger partial charge in [-0.3, -0.25) is 9.48 Å². The third kappa shape index (κ3) is 3.38. The van der Waals surface area contributed by atoms with Crippen molar-refractivity contribution in [1.29, 1.82) is 5.26 Å². The summed E-state index contributed by atoms with van der Waals surface area (Å²) in [6.07, 6.45) is 6.58. The van der Waals surface area contributed by atoms with Crippen molar-refractivity contribution < 1.29 is 13.6 Å². The van der Waals surface area contributed by atoms with Crippen LogP contribution in [-0.2, 0) is 11.3 Å². The molecule has 1 amide bonds. The van der Waals surface area contributed by atoms with Crippen LogP contribution in [0.25, 0.3) is 10.9 Å². The van der Waals surface area contributed by atoms with Gasteiger partial charge < -0.3 is 0 Å². The van der Waals surface area contributed by atoms with Crippen molar-refractivity contribution in [3.05, 3.63) is 65.4 Å². The Labute approximate surface area is 195 Å². The molecule has 3 aliphatic carbocycles. The molecular weight excluding hydrogens is 436 g/mol. The molecule has 2 bridgehead atoms. The smallest absolute Gasteiger partial charge is 0.246 e. The van der Waals surface area contributed by atoms with Crippen LogP contribution in [-0.4, -0.2) is 26.9 Å². The number of nitrogens with zero attached hydrogens (tertiary/aromatic N) is 5. The number of hydrazone groups is 1. The number of rotatable bonds is 4. The summed E-state index contributed by atoms with van der Waals surface area (Å²) in [5, 5.41) is 20.5. The maximum Gasteiger partial charge on any atom is 0.246 e. The van der Waals surface area contributed by atoms with Crippen LogP contribution in [0, 0.1) is 46.6 Å². The summed E-state index contributed by atoms with van der Waals surface area (Å²) in [4.78, 5) is 13.6. The van der Waals surface area contributed by atoms with Crippen LogP contribution in [0.3, 0.4) is 0 Å². The van der Waals surface area contributed by atoms with Gasteiger partial charge in [-0.25, -0.2) is 13.8 Å². The summed E-state index contributed by atoms with van der Waals surface area (Å²) >= 11 is 0. The third-order valence-corrected chi connectivity index (χ3v) is 7.86. The van der Waals surface area contributed by atoms with Crippen LogP contribution in [0.2, 0.25) is 0 Å². The van der Waals surface area contributed by atoms with Crippen LogP contribution in [0.15, 0.2) is 47.7 Å². The second-order valence-corrected chi connectivity index (χ2v) is 9.71. The van der Waals surface area contributed by atoms with Crippen molar-refractivity contribution in [1.82, 2.24) is 14.8 Å². The molecule has 1 aromatic heterocycles. The van der Waals surface area contributed by atoms with Crippen molar-refractivity contribution in [3.8, 4) is 6.07 Å². The van der Waals surface area contributed by atoms with Crippen molar-refractivity contribution >= 4 is 23.0 Å². The van der Waals surface area contributed by atoms with E-state index in [1.165, 1.54) is 17.1 Å². The second-order valence-electron chi connectivity index (χ2n) is 9.71. The highest BCUT2D eigenvalue weighted by atomic mass is 19.1. The maximum absolute atomic E-state index is 13.8. The van der Waals surface area contributed by atoms with E-state index in [0.717, 1.165) is 36.2 Å². The Morgan fingerprint density at radius 2 is 1.91 bits per heavy atom. The van der Waals surface area contributed by atoms with Gasteiger partial charge in [0.1, 0.15) is 11.6 Å². The molecule has 3 atom stereocenters. The van der Waals surface area contributed by atoms with Crippen molar-refractivity contribution in [2.24, 2.45) is 28.8 Å². The van der Waals surface area contributed by atoms with Gasteiger partial charge in [-0.2, -0.15) is 15.5 Å². The minimum absolute atomic E-state index is 0.0614. The van der Waals surface area contributed by atoms with E-state index in [1.807, 2.05) is 16.8 Å². The monoisotopic (exact) mass is 459 g/mol. The molecule has 6 nitrogen and oxygen atoms in total. The quantitative estimate of drug-likeness (QED) is 0.562. The lowest BCUT2D eigenvalue weighted by Gasteiger charge is -2.51. The standard InChI is InChI=1S/C26H23F2N5O/c27-20-8-18(9-21(28)11-20)24-4-5-30-33(24)26(34)22-10-19(16-6-17(22)7-16)14-32-25-3-1-2-15(12-29)23(25)13-31-32/h1-3,5,8-9,11,13,16-17,19,22,24H,4,6-7,10,14H2/t16?,17?,19?,22-,24?/m0/s1. The van der Waals surface area contributed by atoms with Crippen LogP contribution in [0.4, 0.5) is 8.78 Å². The number of aromatic nitrogens is 2. The predicted octanol–water partition coefficient (Wildman–Crippen LogP) is 4.81. The van der Waals surface area contributed by atoms with Gasteiger partial charge >= 0.3 is 0 Å². The molecule has 0 N–H and O–H groups in total. The molecule has 8 heteroatoms. The van der Waals surface area contributed by atoms with Crippen LogP contribution in [0.5, 0.6) is 0 Å².